The minimum atomic E-state index is -0.236. The summed E-state index contributed by atoms with van der Waals surface area (Å²) >= 11 is 0. The molecule has 0 saturated heterocycles. The Bertz CT molecular complexity index is 877. The summed E-state index contributed by atoms with van der Waals surface area (Å²) in [7, 11) is 0. The Morgan fingerprint density at radius 1 is 1.32 bits per heavy atom. The highest BCUT2D eigenvalue weighted by Gasteiger charge is 2.20. The molecule has 7 heteroatoms. The lowest BCUT2D eigenvalue weighted by molar-refractivity contribution is 0.236. The predicted octanol–water partition coefficient (Wildman–Crippen LogP) is 3.20. The fraction of sp³-hybridized carbons (Fsp3) is 0.389. The van der Waals surface area contributed by atoms with E-state index in [4.69, 9.17) is 4.52 Å². The predicted molar refractivity (Wildman–Crippen MR) is 94.3 cm³/mol. The molecule has 3 aromatic heterocycles. The molecule has 3 rings (SSSR count). The van der Waals surface area contributed by atoms with Crippen LogP contribution >= 0.6 is 0 Å². The molecule has 0 aliphatic rings. The number of pyridine rings is 1. The lowest BCUT2D eigenvalue weighted by Crippen LogP contribution is -2.37. The standard InChI is InChI=1S/C18H23N5O2/c1-5-15(17-12(3)22-25-13(17)4)21-18(24)19-9-14-10-23-11(2)7-6-8-16(23)20-14/h6-8,10,15H,5,9H2,1-4H3,(H2,19,21,24). The van der Waals surface area contributed by atoms with Crippen LogP contribution in [0.25, 0.3) is 5.65 Å². The second kappa shape index (κ2) is 6.96. The average molecular weight is 341 g/mol. The highest BCUT2D eigenvalue weighted by molar-refractivity contribution is 5.74. The summed E-state index contributed by atoms with van der Waals surface area (Å²) in [5, 5.41) is 9.81. The SMILES string of the molecule is CCC(NC(=O)NCc1cn2c(C)cccc2n1)c1c(C)noc1C. The molecule has 3 heterocycles. The number of imidazole rings is 1. The maximum atomic E-state index is 12.3. The third-order valence-corrected chi connectivity index (χ3v) is 4.33. The summed E-state index contributed by atoms with van der Waals surface area (Å²) in [5.41, 5.74) is 4.54. The van der Waals surface area contributed by atoms with Gasteiger partial charge in [-0.05, 0) is 39.3 Å². The van der Waals surface area contributed by atoms with Gasteiger partial charge < -0.3 is 19.6 Å². The molecule has 0 aromatic carbocycles. The Balaban J connectivity index is 1.64. The van der Waals surface area contributed by atoms with E-state index in [1.807, 2.05) is 56.5 Å². The Morgan fingerprint density at radius 3 is 2.76 bits per heavy atom. The van der Waals surface area contributed by atoms with Gasteiger partial charge in [-0.15, -0.1) is 0 Å². The fourth-order valence-corrected chi connectivity index (χ4v) is 3.03. The van der Waals surface area contributed by atoms with Crippen molar-refractivity contribution >= 4 is 11.7 Å². The highest BCUT2D eigenvalue weighted by Crippen LogP contribution is 2.23. The number of aromatic nitrogens is 3. The first-order chi connectivity index (χ1) is 12.0. The molecule has 0 radical (unpaired) electrons. The Labute approximate surface area is 146 Å². The molecule has 0 saturated carbocycles. The van der Waals surface area contributed by atoms with Gasteiger partial charge >= 0.3 is 6.03 Å². The molecule has 0 fully saturated rings. The number of carbonyl (C=O) groups excluding carboxylic acids is 1. The van der Waals surface area contributed by atoms with Gasteiger partial charge in [-0.3, -0.25) is 0 Å². The van der Waals surface area contributed by atoms with Gasteiger partial charge in [-0.1, -0.05) is 18.1 Å². The van der Waals surface area contributed by atoms with E-state index in [0.29, 0.717) is 6.54 Å². The zero-order valence-electron chi connectivity index (χ0n) is 15.0. The van der Waals surface area contributed by atoms with Crippen LogP contribution in [0.5, 0.6) is 0 Å². The maximum Gasteiger partial charge on any atom is 0.315 e. The molecular formula is C18H23N5O2. The van der Waals surface area contributed by atoms with Crippen LogP contribution in [0, 0.1) is 20.8 Å². The molecule has 7 nitrogen and oxygen atoms in total. The van der Waals surface area contributed by atoms with Crippen LogP contribution < -0.4 is 10.6 Å². The summed E-state index contributed by atoms with van der Waals surface area (Å²) in [4.78, 5) is 16.8. The molecule has 0 aliphatic heterocycles. The maximum absolute atomic E-state index is 12.3. The van der Waals surface area contributed by atoms with Crippen molar-refractivity contribution in [2.75, 3.05) is 0 Å². The number of urea groups is 1. The number of nitrogens with zero attached hydrogens (tertiary/aromatic N) is 3. The monoisotopic (exact) mass is 341 g/mol. The van der Waals surface area contributed by atoms with Crippen molar-refractivity contribution in [3.05, 3.63) is 52.8 Å². The zero-order valence-corrected chi connectivity index (χ0v) is 15.0. The summed E-state index contributed by atoms with van der Waals surface area (Å²) in [5.74, 6) is 0.737. The van der Waals surface area contributed by atoms with Gasteiger partial charge in [-0.2, -0.15) is 0 Å². The highest BCUT2D eigenvalue weighted by atomic mass is 16.5. The van der Waals surface area contributed by atoms with Crippen LogP contribution in [0.4, 0.5) is 4.79 Å². The van der Waals surface area contributed by atoms with Crippen LogP contribution in [0.15, 0.2) is 28.9 Å². The number of hydrogen-bond acceptors (Lipinski definition) is 4. The molecule has 132 valence electrons. The lowest BCUT2D eigenvalue weighted by Gasteiger charge is -2.17. The molecule has 0 bridgehead atoms. The molecule has 0 spiro atoms. The van der Waals surface area contributed by atoms with Crippen LogP contribution in [0.3, 0.4) is 0 Å². The first-order valence-corrected chi connectivity index (χ1v) is 8.40. The van der Waals surface area contributed by atoms with Crippen LogP contribution in [-0.4, -0.2) is 20.6 Å². The number of aryl methyl sites for hydroxylation is 3. The van der Waals surface area contributed by atoms with E-state index >= 15 is 0 Å². The van der Waals surface area contributed by atoms with Gasteiger partial charge in [0.2, 0.25) is 0 Å². The Morgan fingerprint density at radius 2 is 2.12 bits per heavy atom. The zero-order chi connectivity index (χ0) is 18.0. The molecule has 0 aliphatic carbocycles. The van der Waals surface area contributed by atoms with E-state index in [0.717, 1.165) is 40.5 Å². The van der Waals surface area contributed by atoms with E-state index < -0.39 is 0 Å². The number of hydrogen-bond donors (Lipinski definition) is 2. The van der Waals surface area contributed by atoms with Gasteiger partial charge in [0, 0.05) is 17.5 Å². The third-order valence-electron chi connectivity index (χ3n) is 4.33. The van der Waals surface area contributed by atoms with Gasteiger partial charge in [-0.25, -0.2) is 9.78 Å². The summed E-state index contributed by atoms with van der Waals surface area (Å²) in [6, 6.07) is 5.57. The Hall–Kier alpha value is -2.83. The molecule has 3 aromatic rings. The molecule has 2 N–H and O–H groups in total. The number of amides is 2. The van der Waals surface area contributed by atoms with Crippen LogP contribution in [-0.2, 0) is 6.54 Å². The molecule has 25 heavy (non-hydrogen) atoms. The van der Waals surface area contributed by atoms with E-state index in [1.54, 1.807) is 0 Å². The average Bonchev–Trinajstić information content (AvgIpc) is 3.15. The molecular weight excluding hydrogens is 318 g/mol. The minimum Gasteiger partial charge on any atom is -0.361 e. The summed E-state index contributed by atoms with van der Waals surface area (Å²) < 4.78 is 7.21. The van der Waals surface area contributed by atoms with Crippen molar-refractivity contribution in [2.24, 2.45) is 0 Å². The van der Waals surface area contributed by atoms with Gasteiger partial charge in [0.05, 0.1) is 24.0 Å². The quantitative estimate of drug-likeness (QED) is 0.746. The summed E-state index contributed by atoms with van der Waals surface area (Å²) in [6.07, 6.45) is 2.69. The first kappa shape index (κ1) is 17.0. The van der Waals surface area contributed by atoms with Crippen LogP contribution in [0.1, 0.15) is 47.8 Å². The van der Waals surface area contributed by atoms with E-state index in [-0.39, 0.29) is 12.1 Å². The Kier molecular flexibility index (Phi) is 4.74. The molecule has 1 atom stereocenters. The second-order valence-corrected chi connectivity index (χ2v) is 6.15. The van der Waals surface area contributed by atoms with Crippen molar-refractivity contribution in [2.45, 2.75) is 46.7 Å². The molecule has 1 unspecified atom stereocenters. The number of fused-ring (bicyclic) bond motifs is 1. The third kappa shape index (κ3) is 3.50. The number of rotatable bonds is 5. The van der Waals surface area contributed by atoms with Gasteiger partial charge in [0.1, 0.15) is 11.4 Å². The first-order valence-electron chi connectivity index (χ1n) is 8.40. The van der Waals surface area contributed by atoms with Crippen molar-refractivity contribution in [1.82, 2.24) is 25.2 Å². The van der Waals surface area contributed by atoms with E-state index in [1.165, 1.54) is 0 Å². The summed E-state index contributed by atoms with van der Waals surface area (Å²) in [6.45, 7) is 8.14. The van der Waals surface area contributed by atoms with Crippen molar-refractivity contribution in [3.8, 4) is 0 Å². The number of carbonyl (C=O) groups is 1. The molecule has 2 amide bonds. The smallest absolute Gasteiger partial charge is 0.315 e. The van der Waals surface area contributed by atoms with Gasteiger partial charge in [0.25, 0.3) is 0 Å². The largest absolute Gasteiger partial charge is 0.361 e. The van der Waals surface area contributed by atoms with Gasteiger partial charge in [0.15, 0.2) is 0 Å². The minimum absolute atomic E-state index is 0.130. The second-order valence-electron chi connectivity index (χ2n) is 6.15. The topological polar surface area (TPSA) is 84.5 Å². The van der Waals surface area contributed by atoms with Crippen LogP contribution in [0.2, 0.25) is 0 Å². The van der Waals surface area contributed by atoms with E-state index in [2.05, 4.69) is 20.8 Å². The van der Waals surface area contributed by atoms with Crippen molar-refractivity contribution in [1.29, 1.82) is 0 Å². The number of nitrogens with one attached hydrogen (secondary N) is 2. The van der Waals surface area contributed by atoms with E-state index in [9.17, 15) is 4.79 Å². The lowest BCUT2D eigenvalue weighted by atomic mass is 10.0. The normalized spacial score (nSPS) is 12.3. The van der Waals surface area contributed by atoms with Crippen molar-refractivity contribution in [3.63, 3.8) is 0 Å². The van der Waals surface area contributed by atoms with Crippen molar-refractivity contribution < 1.29 is 9.32 Å². The fourth-order valence-electron chi connectivity index (χ4n) is 3.03.